The number of hydrogen-bond acceptors (Lipinski definition) is 3. The van der Waals surface area contributed by atoms with Gasteiger partial charge in [0.2, 0.25) is 11.8 Å². The average Bonchev–Trinajstić information content (AvgIpc) is 3.50. The van der Waals surface area contributed by atoms with E-state index in [0.717, 1.165) is 44.3 Å². The molecule has 2 unspecified atom stereocenters. The van der Waals surface area contributed by atoms with Crippen molar-refractivity contribution in [2.75, 3.05) is 26.2 Å². The first kappa shape index (κ1) is 18.9. The second-order valence-corrected chi connectivity index (χ2v) is 7.57. The van der Waals surface area contributed by atoms with Crippen LogP contribution in [0.4, 0.5) is 0 Å². The van der Waals surface area contributed by atoms with Crippen molar-refractivity contribution in [3.8, 4) is 0 Å². The van der Waals surface area contributed by atoms with Gasteiger partial charge in [-0.2, -0.15) is 0 Å². The molecule has 2 atom stereocenters. The number of rotatable bonds is 7. The summed E-state index contributed by atoms with van der Waals surface area (Å²) in [5, 5.41) is 3.08. The molecule has 0 aromatic heterocycles. The molecule has 1 N–H and O–H groups in total. The highest BCUT2D eigenvalue weighted by atomic mass is 16.2. The minimum atomic E-state index is -0.117. The Morgan fingerprint density at radius 1 is 1.12 bits per heavy atom. The lowest BCUT2D eigenvalue weighted by Crippen LogP contribution is -2.55. The third kappa shape index (κ3) is 4.64. The highest BCUT2D eigenvalue weighted by Gasteiger charge is 2.32. The summed E-state index contributed by atoms with van der Waals surface area (Å²) >= 11 is 0. The van der Waals surface area contributed by atoms with Crippen LogP contribution >= 0.6 is 0 Å². The first-order valence-corrected chi connectivity index (χ1v) is 9.98. The Labute approximate surface area is 156 Å². The average molecular weight is 357 g/mol. The quantitative estimate of drug-likeness (QED) is 0.815. The van der Waals surface area contributed by atoms with E-state index in [0.29, 0.717) is 19.1 Å². The van der Waals surface area contributed by atoms with Crippen LogP contribution in [-0.2, 0) is 9.59 Å². The normalized spacial score (nSPS) is 20.5. The molecule has 3 rings (SSSR count). The molecule has 5 nitrogen and oxygen atoms in total. The van der Waals surface area contributed by atoms with Gasteiger partial charge in [0.05, 0.1) is 12.0 Å². The highest BCUT2D eigenvalue weighted by Crippen LogP contribution is 2.25. The molecule has 1 aromatic rings. The molecule has 5 heteroatoms. The van der Waals surface area contributed by atoms with Crippen LogP contribution in [0.25, 0.3) is 0 Å². The van der Waals surface area contributed by atoms with E-state index in [-0.39, 0.29) is 23.8 Å². The monoisotopic (exact) mass is 357 g/mol. The number of benzene rings is 1. The molecular formula is C21H31N3O2. The number of carbonyl (C=O) groups excluding carboxylic acids is 2. The Hall–Kier alpha value is -1.88. The largest absolute Gasteiger partial charge is 0.352 e. The smallest absolute Gasteiger partial charge is 0.237 e. The third-order valence-electron chi connectivity index (χ3n) is 5.55. The van der Waals surface area contributed by atoms with Crippen LogP contribution in [0.15, 0.2) is 30.3 Å². The van der Waals surface area contributed by atoms with Crippen molar-refractivity contribution in [2.45, 2.75) is 57.5 Å². The molecule has 1 aliphatic carbocycles. The Morgan fingerprint density at radius 3 is 2.35 bits per heavy atom. The van der Waals surface area contributed by atoms with Gasteiger partial charge in [-0.1, -0.05) is 43.7 Å². The van der Waals surface area contributed by atoms with Gasteiger partial charge in [-0.25, -0.2) is 0 Å². The molecule has 1 heterocycles. The fraction of sp³-hybridized carbons (Fsp3) is 0.619. The first-order valence-electron chi connectivity index (χ1n) is 9.98. The van der Waals surface area contributed by atoms with E-state index in [1.54, 1.807) is 0 Å². The molecular weight excluding hydrogens is 326 g/mol. The van der Waals surface area contributed by atoms with E-state index >= 15 is 0 Å². The van der Waals surface area contributed by atoms with Crippen LogP contribution < -0.4 is 5.32 Å². The van der Waals surface area contributed by atoms with Crippen molar-refractivity contribution in [3.63, 3.8) is 0 Å². The predicted octanol–water partition coefficient (Wildman–Crippen LogP) is 2.38. The van der Waals surface area contributed by atoms with Crippen LogP contribution in [-0.4, -0.2) is 59.9 Å². The molecule has 0 bridgehead atoms. The maximum atomic E-state index is 13.1. The first-order chi connectivity index (χ1) is 12.6. The molecule has 1 aromatic carbocycles. The van der Waals surface area contributed by atoms with E-state index < -0.39 is 0 Å². The fourth-order valence-electron chi connectivity index (χ4n) is 3.67. The second-order valence-electron chi connectivity index (χ2n) is 7.57. The summed E-state index contributed by atoms with van der Waals surface area (Å²) in [6.45, 7) is 7.03. The molecule has 26 heavy (non-hydrogen) atoms. The summed E-state index contributed by atoms with van der Waals surface area (Å²) in [5.41, 5.74) is 1.11. The van der Waals surface area contributed by atoms with E-state index in [2.05, 4.69) is 29.3 Å². The van der Waals surface area contributed by atoms with Crippen molar-refractivity contribution in [3.05, 3.63) is 35.9 Å². The molecule has 0 spiro atoms. The molecule has 1 aliphatic heterocycles. The Morgan fingerprint density at radius 2 is 1.77 bits per heavy atom. The van der Waals surface area contributed by atoms with Crippen molar-refractivity contribution in [1.29, 1.82) is 0 Å². The molecule has 2 amide bonds. The summed E-state index contributed by atoms with van der Waals surface area (Å²) < 4.78 is 0. The second kappa shape index (κ2) is 8.67. The minimum Gasteiger partial charge on any atom is -0.352 e. The van der Waals surface area contributed by atoms with E-state index in [4.69, 9.17) is 0 Å². The zero-order valence-electron chi connectivity index (χ0n) is 16.0. The summed E-state index contributed by atoms with van der Waals surface area (Å²) in [5.74, 6) is 0.302. The van der Waals surface area contributed by atoms with Crippen LogP contribution in [0, 0.1) is 0 Å². The van der Waals surface area contributed by atoms with Gasteiger partial charge in [-0.3, -0.25) is 14.5 Å². The molecule has 142 valence electrons. The zero-order chi connectivity index (χ0) is 18.5. The summed E-state index contributed by atoms with van der Waals surface area (Å²) in [4.78, 5) is 29.5. The van der Waals surface area contributed by atoms with E-state index in [1.807, 2.05) is 30.0 Å². The van der Waals surface area contributed by atoms with Crippen molar-refractivity contribution in [1.82, 2.24) is 15.1 Å². The zero-order valence-corrected chi connectivity index (χ0v) is 16.0. The van der Waals surface area contributed by atoms with Gasteiger partial charge in [-0.15, -0.1) is 0 Å². The molecule has 2 fully saturated rings. The van der Waals surface area contributed by atoms with E-state index in [9.17, 15) is 9.59 Å². The van der Waals surface area contributed by atoms with Gasteiger partial charge < -0.3 is 10.2 Å². The van der Waals surface area contributed by atoms with Crippen molar-refractivity contribution < 1.29 is 9.59 Å². The maximum Gasteiger partial charge on any atom is 0.237 e. The number of piperazine rings is 1. The predicted molar refractivity (Wildman–Crippen MR) is 103 cm³/mol. The summed E-state index contributed by atoms with van der Waals surface area (Å²) in [6.07, 6.45) is 4.09. The van der Waals surface area contributed by atoms with Gasteiger partial charge in [0.25, 0.3) is 0 Å². The van der Waals surface area contributed by atoms with Crippen molar-refractivity contribution in [2.24, 2.45) is 0 Å². The Kier molecular flexibility index (Phi) is 6.30. The van der Waals surface area contributed by atoms with Crippen LogP contribution in [0.5, 0.6) is 0 Å². The third-order valence-corrected chi connectivity index (χ3v) is 5.55. The lowest BCUT2D eigenvalue weighted by atomic mass is 9.93. The van der Waals surface area contributed by atoms with Gasteiger partial charge in [0, 0.05) is 32.2 Å². The Bertz CT molecular complexity index is 607. The number of amides is 2. The Balaban J connectivity index is 1.55. The number of nitrogens with one attached hydrogen (secondary N) is 1. The molecule has 1 saturated heterocycles. The summed E-state index contributed by atoms with van der Waals surface area (Å²) in [7, 11) is 0. The molecule has 0 radical (unpaired) electrons. The lowest BCUT2D eigenvalue weighted by Gasteiger charge is -2.38. The van der Waals surface area contributed by atoms with Crippen LogP contribution in [0.1, 0.15) is 51.0 Å². The highest BCUT2D eigenvalue weighted by molar-refractivity contribution is 5.84. The molecule has 2 aliphatic rings. The van der Waals surface area contributed by atoms with Crippen LogP contribution in [0.2, 0.25) is 0 Å². The molecule has 1 saturated carbocycles. The van der Waals surface area contributed by atoms with Crippen molar-refractivity contribution >= 4 is 11.8 Å². The van der Waals surface area contributed by atoms with Gasteiger partial charge in [0.1, 0.15) is 0 Å². The van der Waals surface area contributed by atoms with E-state index in [1.165, 1.54) is 0 Å². The van der Waals surface area contributed by atoms with Gasteiger partial charge >= 0.3 is 0 Å². The number of nitrogens with zero attached hydrogens (tertiary/aromatic N) is 2. The standard InChI is InChI=1S/C21H31N3O2/c1-3-7-19(17-8-5-4-6-9-17)21(26)24-14-12-23(13-15-24)16(2)20(25)22-18-10-11-18/h4-6,8-9,16,18-19H,3,7,10-15H2,1-2H3,(H,22,25). The van der Waals surface area contributed by atoms with Gasteiger partial charge in [0.15, 0.2) is 0 Å². The summed E-state index contributed by atoms with van der Waals surface area (Å²) in [6, 6.07) is 10.4. The number of carbonyl (C=O) groups is 2. The minimum absolute atomic E-state index is 0.0525. The number of hydrogen-bond donors (Lipinski definition) is 1. The van der Waals surface area contributed by atoms with Crippen LogP contribution in [0.3, 0.4) is 0 Å². The lowest BCUT2D eigenvalue weighted by molar-refractivity contribution is -0.136. The topological polar surface area (TPSA) is 52.7 Å². The SMILES string of the molecule is CCCC(C(=O)N1CCN(C(C)C(=O)NC2CC2)CC1)c1ccccc1. The van der Waals surface area contributed by atoms with Gasteiger partial charge in [-0.05, 0) is 31.7 Å². The fourth-order valence-corrected chi connectivity index (χ4v) is 3.67. The maximum absolute atomic E-state index is 13.1.